The molecule has 0 atom stereocenters. The molecular weight excluding hydrogens is 574 g/mol. The Bertz CT molecular complexity index is 1410. The molecule has 0 radical (unpaired) electrons. The Balaban J connectivity index is 1.63. The van der Waals surface area contributed by atoms with Gasteiger partial charge in [0.25, 0.3) is 0 Å². The normalized spacial score (nSPS) is 11.4. The Morgan fingerprint density at radius 2 is 1.74 bits per heavy atom. The summed E-state index contributed by atoms with van der Waals surface area (Å²) in [6.45, 7) is 8.93. The molecule has 0 saturated heterocycles. The van der Waals surface area contributed by atoms with Gasteiger partial charge in [0, 0.05) is 21.8 Å². The third kappa shape index (κ3) is 6.42. The van der Waals surface area contributed by atoms with Crippen molar-refractivity contribution in [3.05, 3.63) is 82.3 Å². The fourth-order valence-corrected chi connectivity index (χ4v) is 4.99. The van der Waals surface area contributed by atoms with Crippen LogP contribution in [0.25, 0.3) is 17.1 Å². The predicted molar refractivity (Wildman–Crippen MR) is 150 cm³/mol. The average Bonchev–Trinajstić information content (AvgIpc) is 3.29. The number of aromatic nitrogens is 3. The lowest BCUT2D eigenvalue weighted by Gasteiger charge is -2.19. The molecule has 38 heavy (non-hydrogen) atoms. The topological polar surface area (TPSA) is 69.0 Å². The number of hydrogen-bond acceptors (Lipinski definition) is 5. The van der Waals surface area contributed by atoms with Crippen LogP contribution in [0.15, 0.2) is 70.3 Å². The quantitative estimate of drug-likeness (QED) is 0.213. The minimum Gasteiger partial charge on any atom is -0.494 e. The fraction of sp³-hybridized carbons (Fsp3) is 0.250. The zero-order valence-electron chi connectivity index (χ0n) is 21.4. The molecule has 1 aromatic heterocycles. The summed E-state index contributed by atoms with van der Waals surface area (Å²) in [4.78, 5) is 12.7. The number of ether oxygens (including phenoxy) is 1. The van der Waals surface area contributed by atoms with Crippen molar-refractivity contribution in [2.24, 2.45) is 0 Å². The minimum atomic E-state index is -0.867. The van der Waals surface area contributed by atoms with Crippen molar-refractivity contribution in [1.29, 1.82) is 0 Å². The minimum absolute atomic E-state index is 0.00861. The summed E-state index contributed by atoms with van der Waals surface area (Å²) < 4.78 is 35.1. The Labute approximate surface area is 232 Å². The summed E-state index contributed by atoms with van der Waals surface area (Å²) in [7, 11) is 0. The second kappa shape index (κ2) is 11.7. The maximum Gasteiger partial charge on any atom is 0.234 e. The SMILES string of the molecule is CCOc1ccc(-n2c(SCC(=O)Nc3c(F)cc(F)cc3Br)nnc2-c2ccc(C(C)(C)C)cc2)cc1. The number of anilines is 1. The molecule has 0 aliphatic rings. The number of nitrogens with zero attached hydrogens (tertiary/aromatic N) is 3. The summed E-state index contributed by atoms with van der Waals surface area (Å²) in [6.07, 6.45) is 0. The van der Waals surface area contributed by atoms with Crippen molar-refractivity contribution in [2.45, 2.75) is 38.3 Å². The van der Waals surface area contributed by atoms with Crippen LogP contribution in [0.1, 0.15) is 33.3 Å². The van der Waals surface area contributed by atoms with E-state index in [1.165, 1.54) is 5.56 Å². The van der Waals surface area contributed by atoms with Gasteiger partial charge in [0.2, 0.25) is 5.91 Å². The maximum atomic E-state index is 14.2. The molecule has 0 aliphatic heterocycles. The second-order valence-corrected chi connectivity index (χ2v) is 11.3. The lowest BCUT2D eigenvalue weighted by Crippen LogP contribution is -2.16. The van der Waals surface area contributed by atoms with Crippen LogP contribution in [-0.4, -0.2) is 33.0 Å². The first kappa shape index (κ1) is 27.8. The highest BCUT2D eigenvalue weighted by Gasteiger charge is 2.20. The molecule has 0 bridgehead atoms. The van der Waals surface area contributed by atoms with Gasteiger partial charge in [-0.3, -0.25) is 9.36 Å². The zero-order valence-corrected chi connectivity index (χ0v) is 23.8. The highest BCUT2D eigenvalue weighted by molar-refractivity contribution is 9.10. The number of benzene rings is 3. The summed E-state index contributed by atoms with van der Waals surface area (Å²) in [5, 5.41) is 11.8. The Morgan fingerprint density at radius 3 is 2.34 bits per heavy atom. The highest BCUT2D eigenvalue weighted by atomic mass is 79.9. The predicted octanol–water partition coefficient (Wildman–Crippen LogP) is 7.40. The van der Waals surface area contributed by atoms with Crippen LogP contribution in [0.5, 0.6) is 5.75 Å². The molecular formula is C28H27BrF2N4O2S. The van der Waals surface area contributed by atoms with Crippen molar-refractivity contribution in [3.8, 4) is 22.8 Å². The summed E-state index contributed by atoms with van der Waals surface area (Å²) in [5.74, 6) is -0.798. The van der Waals surface area contributed by atoms with Gasteiger partial charge in [-0.2, -0.15) is 0 Å². The van der Waals surface area contributed by atoms with E-state index in [1.807, 2.05) is 47.9 Å². The van der Waals surface area contributed by atoms with E-state index in [1.54, 1.807) is 0 Å². The van der Waals surface area contributed by atoms with E-state index in [-0.39, 0.29) is 21.3 Å². The van der Waals surface area contributed by atoms with Crippen LogP contribution in [0.3, 0.4) is 0 Å². The molecule has 1 heterocycles. The zero-order chi connectivity index (χ0) is 27.4. The van der Waals surface area contributed by atoms with Crippen molar-refractivity contribution >= 4 is 39.3 Å². The van der Waals surface area contributed by atoms with Gasteiger partial charge in [0.1, 0.15) is 11.6 Å². The first-order chi connectivity index (χ1) is 18.1. The van der Waals surface area contributed by atoms with Gasteiger partial charge < -0.3 is 10.1 Å². The fourth-order valence-electron chi connectivity index (χ4n) is 3.73. The largest absolute Gasteiger partial charge is 0.494 e. The second-order valence-electron chi connectivity index (χ2n) is 9.48. The maximum absolute atomic E-state index is 14.2. The van der Waals surface area contributed by atoms with E-state index in [4.69, 9.17) is 4.74 Å². The van der Waals surface area contributed by atoms with E-state index < -0.39 is 17.5 Å². The van der Waals surface area contributed by atoms with E-state index in [2.05, 4.69) is 64.3 Å². The number of thioether (sulfide) groups is 1. The molecule has 0 aliphatic carbocycles. The Kier molecular flexibility index (Phi) is 8.52. The van der Waals surface area contributed by atoms with Crippen LogP contribution < -0.4 is 10.1 Å². The monoisotopic (exact) mass is 600 g/mol. The molecule has 0 fully saturated rings. The first-order valence-corrected chi connectivity index (χ1v) is 13.7. The molecule has 10 heteroatoms. The van der Waals surface area contributed by atoms with E-state index in [0.717, 1.165) is 34.8 Å². The Morgan fingerprint density at radius 1 is 1.05 bits per heavy atom. The van der Waals surface area contributed by atoms with Crippen molar-refractivity contribution in [2.75, 3.05) is 17.7 Å². The third-order valence-electron chi connectivity index (χ3n) is 5.65. The first-order valence-electron chi connectivity index (χ1n) is 11.9. The standard InChI is InChI=1S/C28H27BrF2N4O2S/c1-5-37-21-12-10-20(11-13-21)35-26(17-6-8-18(9-7-17)28(2,3)4)33-34-27(35)38-16-24(36)32-25-22(29)14-19(30)15-23(25)31/h6-15H,5,16H2,1-4H3,(H,32,36). The number of nitrogens with one attached hydrogen (secondary N) is 1. The molecule has 198 valence electrons. The Hall–Kier alpha value is -3.24. The summed E-state index contributed by atoms with van der Waals surface area (Å²) >= 11 is 4.25. The molecule has 0 saturated carbocycles. The van der Waals surface area contributed by atoms with Crippen LogP contribution in [0, 0.1) is 11.6 Å². The molecule has 3 aromatic carbocycles. The van der Waals surface area contributed by atoms with Crippen molar-refractivity contribution in [3.63, 3.8) is 0 Å². The number of hydrogen-bond donors (Lipinski definition) is 1. The third-order valence-corrected chi connectivity index (χ3v) is 7.21. The summed E-state index contributed by atoms with van der Waals surface area (Å²) in [6, 6.07) is 17.5. The smallest absolute Gasteiger partial charge is 0.234 e. The molecule has 4 rings (SSSR count). The van der Waals surface area contributed by atoms with Gasteiger partial charge in [0.05, 0.1) is 18.0 Å². The molecule has 4 aromatic rings. The molecule has 6 nitrogen and oxygen atoms in total. The van der Waals surface area contributed by atoms with Gasteiger partial charge in [-0.15, -0.1) is 10.2 Å². The number of carbonyl (C=O) groups is 1. The average molecular weight is 602 g/mol. The summed E-state index contributed by atoms with van der Waals surface area (Å²) in [5.41, 5.74) is 2.74. The molecule has 1 amide bonds. The van der Waals surface area contributed by atoms with Crippen LogP contribution >= 0.6 is 27.7 Å². The number of amides is 1. The van der Waals surface area contributed by atoms with E-state index >= 15 is 0 Å². The highest BCUT2D eigenvalue weighted by Crippen LogP contribution is 2.32. The number of carbonyl (C=O) groups excluding carboxylic acids is 1. The molecule has 1 N–H and O–H groups in total. The van der Waals surface area contributed by atoms with Gasteiger partial charge >= 0.3 is 0 Å². The molecule has 0 unspecified atom stereocenters. The molecule has 0 spiro atoms. The number of halogens is 3. The number of rotatable bonds is 8. The van der Waals surface area contributed by atoms with E-state index in [0.29, 0.717) is 23.7 Å². The van der Waals surface area contributed by atoms with Crippen molar-refractivity contribution < 1.29 is 18.3 Å². The van der Waals surface area contributed by atoms with Crippen LogP contribution in [-0.2, 0) is 10.2 Å². The van der Waals surface area contributed by atoms with Crippen LogP contribution in [0.4, 0.5) is 14.5 Å². The van der Waals surface area contributed by atoms with E-state index in [9.17, 15) is 13.6 Å². The van der Waals surface area contributed by atoms with Crippen LogP contribution in [0.2, 0.25) is 0 Å². The van der Waals surface area contributed by atoms with Gasteiger partial charge in [-0.1, -0.05) is 56.8 Å². The van der Waals surface area contributed by atoms with Gasteiger partial charge in [-0.05, 0) is 64.2 Å². The van der Waals surface area contributed by atoms with Gasteiger partial charge in [0.15, 0.2) is 16.8 Å². The lowest BCUT2D eigenvalue weighted by molar-refractivity contribution is -0.113. The van der Waals surface area contributed by atoms with Gasteiger partial charge in [-0.25, -0.2) is 8.78 Å². The van der Waals surface area contributed by atoms with Crippen molar-refractivity contribution in [1.82, 2.24) is 14.8 Å². The lowest BCUT2D eigenvalue weighted by atomic mass is 9.87.